The van der Waals surface area contributed by atoms with Gasteiger partial charge in [-0.1, -0.05) is 6.07 Å². The lowest BCUT2D eigenvalue weighted by molar-refractivity contribution is 0.221. The van der Waals surface area contributed by atoms with Gasteiger partial charge in [0, 0.05) is 45.5 Å². The highest BCUT2D eigenvalue weighted by molar-refractivity contribution is 14.0. The molecule has 0 spiro atoms. The predicted octanol–water partition coefficient (Wildman–Crippen LogP) is 2.65. The summed E-state index contributed by atoms with van der Waals surface area (Å²) in [5.74, 6) is 0.969. The quantitative estimate of drug-likeness (QED) is 0.409. The second-order valence-corrected chi connectivity index (χ2v) is 5.69. The molecule has 0 saturated carbocycles. The number of nitrogens with zero attached hydrogens (tertiary/aromatic N) is 4. The minimum Gasteiger partial charge on any atom is -0.489 e. The van der Waals surface area contributed by atoms with E-state index in [1.54, 1.807) is 23.9 Å². The summed E-state index contributed by atoms with van der Waals surface area (Å²) in [7, 11) is 5.59. The number of aliphatic imine (C=N–C) groups is 1. The van der Waals surface area contributed by atoms with E-state index in [0.717, 1.165) is 11.5 Å². The number of rotatable bonds is 6. The van der Waals surface area contributed by atoms with Crippen LogP contribution in [0.25, 0.3) is 0 Å². The Morgan fingerprint density at radius 3 is 2.84 bits per heavy atom. The summed E-state index contributed by atoms with van der Waals surface area (Å²) in [4.78, 5) is 6.28. The monoisotopic (exact) mass is 461 g/mol. The molecule has 0 bridgehead atoms. The summed E-state index contributed by atoms with van der Waals surface area (Å²) in [5, 5.41) is 7.42. The molecule has 1 aromatic heterocycles. The van der Waals surface area contributed by atoms with Crippen LogP contribution in [0.15, 0.2) is 41.7 Å². The number of aryl methyl sites for hydroxylation is 1. The number of hydrogen-bond acceptors (Lipinski definition) is 3. The molecule has 0 aliphatic carbocycles. The summed E-state index contributed by atoms with van der Waals surface area (Å²) in [5.41, 5.74) is 1.10. The van der Waals surface area contributed by atoms with Gasteiger partial charge in [0.2, 0.25) is 0 Å². The van der Waals surface area contributed by atoms with Gasteiger partial charge in [-0.25, -0.2) is 4.39 Å². The number of hydrogen-bond donors (Lipinski definition) is 1. The molecule has 0 aliphatic rings. The van der Waals surface area contributed by atoms with E-state index in [2.05, 4.69) is 15.4 Å². The molecule has 0 fully saturated rings. The molecule has 1 unspecified atom stereocenters. The second kappa shape index (κ2) is 10.2. The van der Waals surface area contributed by atoms with E-state index < -0.39 is 0 Å². The summed E-state index contributed by atoms with van der Waals surface area (Å²) in [6.45, 7) is 3.18. The molecule has 1 N–H and O–H groups in total. The summed E-state index contributed by atoms with van der Waals surface area (Å²) in [6, 6.07) is 6.14. The highest BCUT2D eigenvalue weighted by Crippen LogP contribution is 2.13. The number of guanidine groups is 1. The SMILES string of the molecule is CN=C(NCC(C)Oc1cccc(F)c1)N(C)Cc1cnn(C)c1.I. The van der Waals surface area contributed by atoms with Crippen LogP contribution in [0, 0.1) is 5.82 Å². The Balaban J connectivity index is 0.00000312. The number of nitrogens with one attached hydrogen (secondary N) is 1. The number of benzene rings is 1. The molecule has 0 radical (unpaired) electrons. The van der Waals surface area contributed by atoms with Crippen LogP contribution in [-0.4, -0.2) is 47.4 Å². The van der Waals surface area contributed by atoms with Crippen LogP contribution in [0.5, 0.6) is 5.75 Å². The van der Waals surface area contributed by atoms with Gasteiger partial charge in [0.05, 0.1) is 12.7 Å². The van der Waals surface area contributed by atoms with E-state index in [1.165, 1.54) is 12.1 Å². The van der Waals surface area contributed by atoms with Crippen LogP contribution in [0.3, 0.4) is 0 Å². The largest absolute Gasteiger partial charge is 0.489 e. The topological polar surface area (TPSA) is 54.7 Å². The highest BCUT2D eigenvalue weighted by atomic mass is 127. The van der Waals surface area contributed by atoms with Crippen molar-refractivity contribution >= 4 is 29.9 Å². The summed E-state index contributed by atoms with van der Waals surface area (Å²) in [6.07, 6.45) is 3.68. The Bertz CT molecular complexity index is 691. The van der Waals surface area contributed by atoms with E-state index in [1.807, 2.05) is 38.3 Å². The maximum Gasteiger partial charge on any atom is 0.193 e. The number of halogens is 2. The maximum atomic E-state index is 13.2. The Labute approximate surface area is 165 Å². The molecule has 1 aromatic carbocycles. The molecule has 8 heteroatoms. The Morgan fingerprint density at radius 1 is 1.48 bits per heavy atom. The molecule has 138 valence electrons. The lowest BCUT2D eigenvalue weighted by Gasteiger charge is -2.23. The zero-order valence-corrected chi connectivity index (χ0v) is 17.3. The van der Waals surface area contributed by atoms with Gasteiger partial charge < -0.3 is 15.0 Å². The molecule has 2 rings (SSSR count). The van der Waals surface area contributed by atoms with Crippen LogP contribution < -0.4 is 10.1 Å². The minimum atomic E-state index is -0.306. The van der Waals surface area contributed by atoms with Crippen LogP contribution >= 0.6 is 24.0 Å². The lowest BCUT2D eigenvalue weighted by atomic mass is 10.3. The first kappa shape index (κ1) is 21.2. The predicted molar refractivity (Wildman–Crippen MR) is 108 cm³/mol. The van der Waals surface area contributed by atoms with Crippen molar-refractivity contribution in [2.24, 2.45) is 12.0 Å². The average molecular weight is 461 g/mol. The van der Waals surface area contributed by atoms with Gasteiger partial charge in [-0.2, -0.15) is 5.10 Å². The molecule has 0 saturated heterocycles. The molecule has 1 heterocycles. The van der Waals surface area contributed by atoms with Crippen molar-refractivity contribution in [1.29, 1.82) is 0 Å². The van der Waals surface area contributed by atoms with Crippen LogP contribution in [0.2, 0.25) is 0 Å². The lowest BCUT2D eigenvalue weighted by Crippen LogP contribution is -2.42. The zero-order valence-electron chi connectivity index (χ0n) is 14.9. The van der Waals surface area contributed by atoms with Gasteiger partial charge in [0.25, 0.3) is 0 Å². The normalized spacial score (nSPS) is 12.3. The minimum absolute atomic E-state index is 0. The van der Waals surface area contributed by atoms with Gasteiger partial charge >= 0.3 is 0 Å². The van der Waals surface area contributed by atoms with E-state index in [-0.39, 0.29) is 35.9 Å². The zero-order chi connectivity index (χ0) is 17.5. The first-order chi connectivity index (χ1) is 11.5. The van der Waals surface area contributed by atoms with Crippen molar-refractivity contribution in [2.45, 2.75) is 19.6 Å². The van der Waals surface area contributed by atoms with Crippen LogP contribution in [-0.2, 0) is 13.6 Å². The molecular formula is C17H25FIN5O. The summed E-state index contributed by atoms with van der Waals surface area (Å²) < 4.78 is 20.6. The van der Waals surface area contributed by atoms with Crippen molar-refractivity contribution in [3.8, 4) is 5.75 Å². The Kier molecular flexibility index (Phi) is 8.67. The fraction of sp³-hybridized carbons (Fsp3) is 0.412. The third kappa shape index (κ3) is 6.89. The molecule has 1 atom stereocenters. The third-order valence-electron chi connectivity index (χ3n) is 3.43. The Morgan fingerprint density at radius 2 is 2.24 bits per heavy atom. The average Bonchev–Trinajstić information content (AvgIpc) is 2.93. The standard InChI is InChI=1S/C17H24FN5O.HI/c1-13(24-16-7-5-6-15(18)8-16)9-20-17(19-2)22(3)11-14-10-21-23(4)12-14;/h5-8,10,12-13H,9,11H2,1-4H3,(H,19,20);1H. The second-order valence-electron chi connectivity index (χ2n) is 5.69. The third-order valence-corrected chi connectivity index (χ3v) is 3.43. The van der Waals surface area contributed by atoms with E-state index in [9.17, 15) is 4.39 Å². The summed E-state index contributed by atoms with van der Waals surface area (Å²) >= 11 is 0. The van der Waals surface area contributed by atoms with E-state index >= 15 is 0 Å². The van der Waals surface area contributed by atoms with Crippen molar-refractivity contribution < 1.29 is 9.13 Å². The van der Waals surface area contributed by atoms with Crippen LogP contribution in [0.1, 0.15) is 12.5 Å². The fourth-order valence-corrected chi connectivity index (χ4v) is 2.34. The van der Waals surface area contributed by atoms with Gasteiger partial charge in [0.15, 0.2) is 5.96 Å². The van der Waals surface area contributed by atoms with Crippen LogP contribution in [0.4, 0.5) is 4.39 Å². The van der Waals surface area contributed by atoms with Crippen molar-refractivity contribution in [3.63, 3.8) is 0 Å². The molecule has 6 nitrogen and oxygen atoms in total. The van der Waals surface area contributed by atoms with Gasteiger partial charge in [0.1, 0.15) is 17.7 Å². The smallest absolute Gasteiger partial charge is 0.193 e. The van der Waals surface area contributed by atoms with Gasteiger partial charge in [-0.15, -0.1) is 24.0 Å². The van der Waals surface area contributed by atoms with Crippen molar-refractivity contribution in [2.75, 3.05) is 20.6 Å². The van der Waals surface area contributed by atoms with E-state index in [4.69, 9.17) is 4.74 Å². The molecular weight excluding hydrogens is 436 g/mol. The first-order valence-electron chi connectivity index (χ1n) is 7.79. The molecule has 25 heavy (non-hydrogen) atoms. The van der Waals surface area contributed by atoms with Gasteiger partial charge in [-0.3, -0.25) is 9.67 Å². The molecule has 2 aromatic rings. The highest BCUT2D eigenvalue weighted by Gasteiger charge is 2.10. The maximum absolute atomic E-state index is 13.2. The van der Waals surface area contributed by atoms with Crippen molar-refractivity contribution in [1.82, 2.24) is 20.0 Å². The van der Waals surface area contributed by atoms with E-state index in [0.29, 0.717) is 18.8 Å². The number of aromatic nitrogens is 2. The first-order valence-corrected chi connectivity index (χ1v) is 7.79. The van der Waals surface area contributed by atoms with Gasteiger partial charge in [-0.05, 0) is 19.1 Å². The molecule has 0 amide bonds. The number of ether oxygens (including phenoxy) is 1. The Hall–Kier alpha value is -1.84. The fourth-order valence-electron chi connectivity index (χ4n) is 2.34. The van der Waals surface area contributed by atoms with Crippen molar-refractivity contribution in [3.05, 3.63) is 48.0 Å². The molecule has 0 aliphatic heterocycles.